The van der Waals surface area contributed by atoms with E-state index in [1.54, 1.807) is 0 Å². The Labute approximate surface area is 476 Å². The molecule has 0 atom stereocenters. The topological polar surface area (TPSA) is 48.5 Å². The van der Waals surface area contributed by atoms with Gasteiger partial charge in [0.05, 0.1) is 32.9 Å². The molecule has 5 nitrogen and oxygen atoms in total. The van der Waals surface area contributed by atoms with Crippen LogP contribution in [-0.4, -0.2) is 24.1 Å². The lowest BCUT2D eigenvalue weighted by Gasteiger charge is -2.37. The van der Waals surface area contributed by atoms with Crippen LogP contribution in [-0.2, 0) is 10.8 Å². The Hall–Kier alpha value is -10.8. The normalized spacial score (nSPS) is 11.9. The second kappa shape index (κ2) is 20.2. The van der Waals surface area contributed by atoms with Crippen molar-refractivity contribution in [3.63, 3.8) is 0 Å². The zero-order valence-electron chi connectivity index (χ0n) is 44.8. The van der Waals surface area contributed by atoms with Crippen LogP contribution in [0, 0.1) is 0 Å². The monoisotopic (exact) mass is 1050 g/mol. The molecule has 3 heterocycles. The zero-order valence-corrected chi connectivity index (χ0v) is 44.8. The molecule has 386 valence electrons. The second-order valence-corrected chi connectivity index (χ2v) is 21.0. The molecular weight excluding hydrogens is 995 g/mol. The molecule has 0 aliphatic rings. The maximum Gasteiger partial charge on any atom is 0.238 e. The van der Waals surface area contributed by atoms with Gasteiger partial charge in [-0.1, -0.05) is 285 Å². The third-order valence-corrected chi connectivity index (χ3v) is 16.7. The SMILES string of the molecule is c1ccc(-n2c3ccccc3c3c2ccc2c4ccccc4n(-c4nc(-c5ccc(C(c6ccccc6)(c6ccccc6)c6ccccc6)cc5)nc(-c5cccc(C(c6ccccc6)(c6ccccc6)c6ccccc6)c5)n4)c23)cc1. The summed E-state index contributed by atoms with van der Waals surface area (Å²) in [5.74, 6) is 1.65. The molecular formula is C77H53N5. The molecule has 0 saturated heterocycles. The van der Waals surface area contributed by atoms with Crippen molar-refractivity contribution in [3.8, 4) is 34.4 Å². The van der Waals surface area contributed by atoms with Gasteiger partial charge in [0.1, 0.15) is 0 Å². The largest absolute Gasteiger partial charge is 0.309 e. The van der Waals surface area contributed by atoms with Crippen LogP contribution >= 0.6 is 0 Å². The van der Waals surface area contributed by atoms with E-state index in [1.807, 2.05) is 0 Å². The summed E-state index contributed by atoms with van der Waals surface area (Å²) < 4.78 is 4.66. The van der Waals surface area contributed by atoms with Gasteiger partial charge in [-0.15, -0.1) is 0 Å². The first-order chi connectivity index (χ1) is 40.7. The predicted octanol–water partition coefficient (Wildman–Crippen LogP) is 18.2. The molecule has 0 aliphatic carbocycles. The van der Waals surface area contributed by atoms with E-state index in [2.05, 4.69) is 331 Å². The standard InChI is InChI=1S/C77H53N5/c1-8-28-56(29-9-1)76(57-30-10-2-11-31-57,58-32-12-3-13-33-58)62-49-47-54(48-50-62)73-78-74(55-27-26-40-63(53-55)77(59-34-14-4-15-35-59,60-36-16-5-17-37-60)61-38-18-6-19-39-61)80-75(79-73)82-68-45-24-22-43-65(68)66-51-52-70-71(72(66)82)67-44-23-25-46-69(67)81(70)64-41-20-7-21-42-64/h1-53H. The first kappa shape index (κ1) is 48.4. The van der Waals surface area contributed by atoms with E-state index >= 15 is 0 Å². The van der Waals surface area contributed by atoms with Gasteiger partial charge < -0.3 is 4.57 Å². The highest BCUT2D eigenvalue weighted by Gasteiger charge is 2.40. The van der Waals surface area contributed by atoms with E-state index in [0.717, 1.165) is 88.2 Å². The highest BCUT2D eigenvalue weighted by Crippen LogP contribution is 2.48. The molecule has 0 aliphatic heterocycles. The lowest BCUT2D eigenvalue weighted by Crippen LogP contribution is -2.31. The van der Waals surface area contributed by atoms with E-state index in [1.165, 1.54) is 16.7 Å². The predicted molar refractivity (Wildman–Crippen MR) is 336 cm³/mol. The van der Waals surface area contributed by atoms with Gasteiger partial charge in [-0.3, -0.25) is 4.57 Å². The Bertz CT molecular complexity index is 4560. The number of rotatable bonds is 12. The molecule has 0 fully saturated rings. The molecule has 0 unspecified atom stereocenters. The molecule has 0 N–H and O–H groups in total. The van der Waals surface area contributed by atoms with Crippen LogP contribution in [0.4, 0.5) is 0 Å². The minimum absolute atomic E-state index is 0.525. The number of fused-ring (bicyclic) bond motifs is 7. The Morgan fingerprint density at radius 3 is 1.13 bits per heavy atom. The summed E-state index contributed by atoms with van der Waals surface area (Å²) in [6.45, 7) is 0. The molecule has 0 saturated carbocycles. The Morgan fingerprint density at radius 1 is 0.244 bits per heavy atom. The van der Waals surface area contributed by atoms with Crippen LogP contribution in [0.2, 0.25) is 0 Å². The fourth-order valence-corrected chi connectivity index (χ4v) is 13.2. The highest BCUT2D eigenvalue weighted by atomic mass is 15.2. The van der Waals surface area contributed by atoms with Crippen molar-refractivity contribution >= 4 is 43.6 Å². The highest BCUT2D eigenvalue weighted by molar-refractivity contribution is 6.26. The van der Waals surface area contributed by atoms with Crippen LogP contribution in [0.1, 0.15) is 44.5 Å². The van der Waals surface area contributed by atoms with Crippen LogP contribution in [0.5, 0.6) is 0 Å². The van der Waals surface area contributed by atoms with Crippen molar-refractivity contribution in [2.75, 3.05) is 0 Å². The van der Waals surface area contributed by atoms with Crippen LogP contribution in [0.15, 0.2) is 322 Å². The number of aromatic nitrogens is 5. The molecule has 12 aromatic carbocycles. The second-order valence-electron chi connectivity index (χ2n) is 21.0. The number of nitrogens with zero attached hydrogens (tertiary/aromatic N) is 5. The van der Waals surface area contributed by atoms with Crippen molar-refractivity contribution < 1.29 is 0 Å². The quantitative estimate of drug-likeness (QED) is 0.115. The summed E-state index contributed by atoms with van der Waals surface area (Å²) in [6, 6.07) is 115. The summed E-state index contributed by atoms with van der Waals surface area (Å²) in [5.41, 5.74) is 15.0. The molecule has 5 heteroatoms. The molecule has 0 spiro atoms. The van der Waals surface area contributed by atoms with Gasteiger partial charge in [0.2, 0.25) is 5.95 Å². The number of para-hydroxylation sites is 3. The fourth-order valence-electron chi connectivity index (χ4n) is 13.2. The molecule has 0 bridgehead atoms. The Balaban J connectivity index is 1.01. The first-order valence-corrected chi connectivity index (χ1v) is 28.0. The molecule has 15 aromatic rings. The summed E-state index contributed by atoms with van der Waals surface area (Å²) in [4.78, 5) is 16.9. The maximum absolute atomic E-state index is 5.67. The van der Waals surface area contributed by atoms with Gasteiger partial charge in [0.15, 0.2) is 11.6 Å². The lowest BCUT2D eigenvalue weighted by molar-refractivity contribution is 0.745. The molecule has 0 radical (unpaired) electrons. The van der Waals surface area contributed by atoms with E-state index in [0.29, 0.717) is 17.6 Å². The van der Waals surface area contributed by atoms with Crippen molar-refractivity contribution in [1.82, 2.24) is 24.1 Å². The van der Waals surface area contributed by atoms with Crippen molar-refractivity contribution in [3.05, 3.63) is 366 Å². The van der Waals surface area contributed by atoms with Crippen molar-refractivity contribution in [2.24, 2.45) is 0 Å². The number of hydrogen-bond donors (Lipinski definition) is 0. The number of benzene rings is 12. The minimum atomic E-state index is -0.692. The van der Waals surface area contributed by atoms with Gasteiger partial charge in [-0.25, -0.2) is 4.98 Å². The van der Waals surface area contributed by atoms with Gasteiger partial charge in [-0.2, -0.15) is 9.97 Å². The van der Waals surface area contributed by atoms with E-state index in [9.17, 15) is 0 Å². The van der Waals surface area contributed by atoms with Gasteiger partial charge in [0.25, 0.3) is 0 Å². The van der Waals surface area contributed by atoms with Crippen LogP contribution < -0.4 is 0 Å². The zero-order chi connectivity index (χ0) is 54.5. The third-order valence-electron chi connectivity index (χ3n) is 16.7. The summed E-state index contributed by atoms with van der Waals surface area (Å²) >= 11 is 0. The van der Waals surface area contributed by atoms with Crippen LogP contribution in [0.3, 0.4) is 0 Å². The van der Waals surface area contributed by atoms with Crippen molar-refractivity contribution in [1.29, 1.82) is 0 Å². The molecule has 3 aromatic heterocycles. The van der Waals surface area contributed by atoms with Crippen molar-refractivity contribution in [2.45, 2.75) is 10.8 Å². The lowest BCUT2D eigenvalue weighted by atomic mass is 9.65. The first-order valence-electron chi connectivity index (χ1n) is 28.0. The summed E-state index contributed by atoms with van der Waals surface area (Å²) in [5, 5.41) is 4.50. The van der Waals surface area contributed by atoms with Gasteiger partial charge in [0, 0.05) is 38.4 Å². The smallest absolute Gasteiger partial charge is 0.238 e. The average molecular weight is 1050 g/mol. The fraction of sp³-hybridized carbons (Fsp3) is 0.0260. The third kappa shape index (κ3) is 7.73. The van der Waals surface area contributed by atoms with Gasteiger partial charge in [-0.05, 0) is 80.9 Å². The average Bonchev–Trinajstić information content (AvgIpc) is 3.38. The van der Waals surface area contributed by atoms with Crippen LogP contribution in [0.25, 0.3) is 78.0 Å². The Morgan fingerprint density at radius 2 is 0.634 bits per heavy atom. The molecule has 0 amide bonds. The van der Waals surface area contributed by atoms with Gasteiger partial charge >= 0.3 is 0 Å². The van der Waals surface area contributed by atoms with E-state index in [-0.39, 0.29) is 0 Å². The van der Waals surface area contributed by atoms with E-state index in [4.69, 9.17) is 15.0 Å². The maximum atomic E-state index is 5.67. The minimum Gasteiger partial charge on any atom is -0.309 e. The molecule has 82 heavy (non-hydrogen) atoms. The Kier molecular flexibility index (Phi) is 11.9. The summed E-state index contributed by atoms with van der Waals surface area (Å²) in [7, 11) is 0. The van der Waals surface area contributed by atoms with E-state index < -0.39 is 10.8 Å². The summed E-state index contributed by atoms with van der Waals surface area (Å²) in [6.07, 6.45) is 0. The number of hydrogen-bond acceptors (Lipinski definition) is 3. The molecule has 15 rings (SSSR count).